The third-order valence-corrected chi connectivity index (χ3v) is 2.97. The number of nitrogens with zero attached hydrogens (tertiary/aromatic N) is 1. The Labute approximate surface area is 100 Å². The second-order valence-corrected chi connectivity index (χ2v) is 3.82. The van der Waals surface area contributed by atoms with Crippen molar-refractivity contribution in [2.24, 2.45) is 5.84 Å². The van der Waals surface area contributed by atoms with Crippen molar-refractivity contribution in [1.29, 1.82) is 0 Å². The van der Waals surface area contributed by atoms with Crippen LogP contribution in [0.4, 0.5) is 0 Å². The molecule has 0 spiro atoms. The highest BCUT2D eigenvalue weighted by Gasteiger charge is 2.03. The molecule has 0 aliphatic rings. The molecule has 2 rings (SSSR count). The second-order valence-electron chi connectivity index (χ2n) is 3.56. The molecular formula is C12H15N3S. The van der Waals surface area contributed by atoms with Gasteiger partial charge in [0.15, 0.2) is 0 Å². The van der Waals surface area contributed by atoms with Crippen LogP contribution in [0, 0.1) is 0 Å². The van der Waals surface area contributed by atoms with Gasteiger partial charge in [0.2, 0.25) is 0 Å². The number of aryl methyl sites for hydroxylation is 1. The third-order valence-electron chi connectivity index (χ3n) is 2.71. The summed E-state index contributed by atoms with van der Waals surface area (Å²) >= 11 is 4.12. The molecule has 4 heteroatoms. The minimum atomic E-state index is 0.814. The highest BCUT2D eigenvalue weighted by Crippen LogP contribution is 2.21. The van der Waals surface area contributed by atoms with Crippen molar-refractivity contribution in [3.63, 3.8) is 0 Å². The number of nitrogens with two attached hydrogens (primary N) is 1. The van der Waals surface area contributed by atoms with Crippen LogP contribution in [0.15, 0.2) is 35.9 Å². The van der Waals surface area contributed by atoms with Crippen molar-refractivity contribution >= 4 is 29.2 Å². The fourth-order valence-electron chi connectivity index (χ4n) is 1.84. The van der Waals surface area contributed by atoms with Crippen LogP contribution < -0.4 is 11.3 Å². The normalized spacial score (nSPS) is 12.1. The molecule has 0 saturated carbocycles. The minimum absolute atomic E-state index is 0.814. The zero-order valence-electron chi connectivity index (χ0n) is 9.14. The third kappa shape index (κ3) is 1.81. The van der Waals surface area contributed by atoms with Gasteiger partial charge in [-0.3, -0.25) is 5.84 Å². The van der Waals surface area contributed by atoms with Crippen LogP contribution in [0.3, 0.4) is 0 Å². The molecule has 1 aromatic heterocycles. The molecule has 0 unspecified atom stereocenters. The molecule has 0 aliphatic heterocycles. The monoisotopic (exact) mass is 233 g/mol. The summed E-state index contributed by atoms with van der Waals surface area (Å²) in [5.74, 6) is 5.42. The number of fused-ring (bicyclic) bond motifs is 1. The van der Waals surface area contributed by atoms with E-state index in [1.54, 1.807) is 5.41 Å². The Balaban J connectivity index is 2.53. The molecule has 0 radical (unpaired) electrons. The van der Waals surface area contributed by atoms with E-state index in [1.807, 2.05) is 6.07 Å². The molecule has 0 atom stereocenters. The summed E-state index contributed by atoms with van der Waals surface area (Å²) < 4.78 is 2.21. The molecule has 0 aliphatic carbocycles. The molecule has 3 N–H and O–H groups in total. The van der Waals surface area contributed by atoms with Gasteiger partial charge in [0.1, 0.15) is 0 Å². The molecule has 1 heterocycles. The summed E-state index contributed by atoms with van der Waals surface area (Å²) in [7, 11) is 0. The van der Waals surface area contributed by atoms with Gasteiger partial charge in [0.25, 0.3) is 0 Å². The Bertz CT molecular complexity index is 528. The van der Waals surface area contributed by atoms with E-state index >= 15 is 0 Å². The second kappa shape index (κ2) is 4.63. The molecule has 3 nitrogen and oxygen atoms in total. The van der Waals surface area contributed by atoms with Crippen molar-refractivity contribution < 1.29 is 0 Å². The summed E-state index contributed by atoms with van der Waals surface area (Å²) in [5.41, 5.74) is 5.72. The molecular weight excluding hydrogens is 218 g/mol. The van der Waals surface area contributed by atoms with E-state index in [0.29, 0.717) is 0 Å². The van der Waals surface area contributed by atoms with Crippen molar-refractivity contribution in [1.82, 2.24) is 9.99 Å². The van der Waals surface area contributed by atoms with E-state index in [0.717, 1.165) is 17.8 Å². The highest BCUT2D eigenvalue weighted by atomic mass is 32.1. The van der Waals surface area contributed by atoms with Gasteiger partial charge in [-0.2, -0.15) is 0 Å². The van der Waals surface area contributed by atoms with E-state index in [9.17, 15) is 0 Å². The number of thiol groups is 1. The zero-order chi connectivity index (χ0) is 11.5. The Morgan fingerprint density at radius 1 is 1.50 bits per heavy atom. The van der Waals surface area contributed by atoms with Gasteiger partial charge in [-0.25, -0.2) is 0 Å². The first kappa shape index (κ1) is 11.1. The number of nitrogens with one attached hydrogen (secondary N) is 1. The van der Waals surface area contributed by atoms with Crippen LogP contribution >= 0.6 is 12.6 Å². The van der Waals surface area contributed by atoms with Crippen molar-refractivity contribution in [3.05, 3.63) is 41.4 Å². The summed E-state index contributed by atoms with van der Waals surface area (Å²) in [4.78, 5) is 0. The van der Waals surface area contributed by atoms with Gasteiger partial charge in [-0.15, -0.1) is 12.6 Å². The maximum atomic E-state index is 5.42. The average molecular weight is 233 g/mol. The topological polar surface area (TPSA) is 43.0 Å². The minimum Gasteiger partial charge on any atom is -0.348 e. The van der Waals surface area contributed by atoms with Gasteiger partial charge >= 0.3 is 0 Å². The van der Waals surface area contributed by atoms with Gasteiger partial charge < -0.3 is 9.99 Å². The van der Waals surface area contributed by atoms with Crippen molar-refractivity contribution in [2.45, 2.75) is 13.5 Å². The molecule has 0 fully saturated rings. The van der Waals surface area contributed by atoms with Crippen molar-refractivity contribution in [3.8, 4) is 0 Å². The Morgan fingerprint density at radius 2 is 2.31 bits per heavy atom. The molecule has 0 bridgehead atoms. The van der Waals surface area contributed by atoms with Crippen LogP contribution in [-0.2, 0) is 6.54 Å². The summed E-state index contributed by atoms with van der Waals surface area (Å²) in [5, 5.41) is 2.88. The summed E-state index contributed by atoms with van der Waals surface area (Å²) in [6.45, 7) is 3.11. The fraction of sp³-hybridized carbons (Fsp3) is 0.167. The Morgan fingerprint density at radius 3 is 2.94 bits per heavy atom. The first-order valence-electron chi connectivity index (χ1n) is 5.20. The van der Waals surface area contributed by atoms with E-state index in [4.69, 9.17) is 5.84 Å². The lowest BCUT2D eigenvalue weighted by Gasteiger charge is -2.06. The molecule has 2 aromatic rings. The number of benzene rings is 1. The van der Waals surface area contributed by atoms with Crippen LogP contribution in [0.1, 0.15) is 12.5 Å². The largest absolute Gasteiger partial charge is 0.348 e. The standard InChI is InChI=1S/C12H15N3S/c1-2-15-6-5-10-7-9(3-4-12(10)15)11(8-16)14-13/h3-8,14,16H,2,13H2,1H3/b11-8-. The summed E-state index contributed by atoms with van der Waals surface area (Å²) in [6.07, 6.45) is 2.09. The molecule has 0 amide bonds. The molecule has 84 valence electrons. The zero-order valence-corrected chi connectivity index (χ0v) is 10.0. The van der Waals surface area contributed by atoms with Crippen LogP contribution in [-0.4, -0.2) is 4.57 Å². The Kier molecular flexibility index (Phi) is 3.22. The van der Waals surface area contributed by atoms with Gasteiger partial charge in [0, 0.05) is 29.2 Å². The maximum Gasteiger partial charge on any atom is 0.0618 e. The van der Waals surface area contributed by atoms with E-state index in [-0.39, 0.29) is 0 Å². The van der Waals surface area contributed by atoms with Gasteiger partial charge in [-0.05, 0) is 30.5 Å². The average Bonchev–Trinajstić information content (AvgIpc) is 2.73. The van der Waals surface area contributed by atoms with Crippen LogP contribution in [0.2, 0.25) is 0 Å². The van der Waals surface area contributed by atoms with E-state index < -0.39 is 0 Å². The summed E-state index contributed by atoms with van der Waals surface area (Å²) in [6, 6.07) is 8.34. The van der Waals surface area contributed by atoms with E-state index in [2.05, 4.69) is 53.9 Å². The SMILES string of the molecule is CCn1ccc2cc(/C(=C/S)NN)ccc21. The number of aromatic nitrogens is 1. The number of hydrogen-bond acceptors (Lipinski definition) is 3. The first-order chi connectivity index (χ1) is 7.80. The molecule has 1 aromatic carbocycles. The van der Waals surface area contributed by atoms with E-state index in [1.165, 1.54) is 10.9 Å². The predicted octanol–water partition coefficient (Wildman–Crippen LogP) is 2.35. The quantitative estimate of drug-likeness (QED) is 0.433. The van der Waals surface area contributed by atoms with Crippen LogP contribution in [0.25, 0.3) is 16.6 Å². The predicted molar refractivity (Wildman–Crippen MR) is 71.9 cm³/mol. The maximum absolute atomic E-state index is 5.42. The van der Waals surface area contributed by atoms with Gasteiger partial charge in [-0.1, -0.05) is 6.07 Å². The highest BCUT2D eigenvalue weighted by molar-refractivity contribution is 7.83. The lowest BCUT2D eigenvalue weighted by molar-refractivity contribution is 0.797. The lowest BCUT2D eigenvalue weighted by Crippen LogP contribution is -2.19. The lowest BCUT2D eigenvalue weighted by atomic mass is 10.1. The first-order valence-corrected chi connectivity index (χ1v) is 5.72. The van der Waals surface area contributed by atoms with Gasteiger partial charge in [0.05, 0.1) is 5.70 Å². The molecule has 16 heavy (non-hydrogen) atoms. The van der Waals surface area contributed by atoms with Crippen molar-refractivity contribution in [2.75, 3.05) is 0 Å². The smallest absolute Gasteiger partial charge is 0.0618 e. The Hall–Kier alpha value is -1.39. The molecule has 0 saturated heterocycles. The number of hydrogen-bond donors (Lipinski definition) is 3. The fourth-order valence-corrected chi connectivity index (χ4v) is 2.06. The number of hydrazine groups is 1. The van der Waals surface area contributed by atoms with Crippen LogP contribution in [0.5, 0.6) is 0 Å². The number of rotatable bonds is 3.